The van der Waals surface area contributed by atoms with Crippen molar-refractivity contribution in [1.29, 1.82) is 0 Å². The molecular weight excluding hydrogens is 266 g/mol. The van der Waals surface area contributed by atoms with Gasteiger partial charge in [-0.2, -0.15) is 0 Å². The highest BCUT2D eigenvalue weighted by Crippen LogP contribution is 2.41. The summed E-state index contributed by atoms with van der Waals surface area (Å²) in [6.45, 7) is 3.20. The van der Waals surface area contributed by atoms with Gasteiger partial charge in [0.25, 0.3) is 0 Å². The van der Waals surface area contributed by atoms with Crippen LogP contribution >= 0.6 is 0 Å². The van der Waals surface area contributed by atoms with Gasteiger partial charge in [0.2, 0.25) is 5.91 Å². The van der Waals surface area contributed by atoms with Crippen LogP contribution in [0.4, 0.5) is 5.69 Å². The van der Waals surface area contributed by atoms with Gasteiger partial charge < -0.3 is 20.7 Å². The van der Waals surface area contributed by atoms with Gasteiger partial charge in [-0.25, -0.2) is 0 Å². The van der Waals surface area contributed by atoms with Crippen molar-refractivity contribution in [2.45, 2.75) is 31.7 Å². The smallest absolute Gasteiger partial charge is 0.220 e. The van der Waals surface area contributed by atoms with Crippen molar-refractivity contribution in [3.8, 4) is 5.75 Å². The van der Waals surface area contributed by atoms with Crippen LogP contribution in [0.25, 0.3) is 0 Å². The molecule has 116 valence electrons. The molecule has 0 fully saturated rings. The number of rotatable bonds is 5. The minimum absolute atomic E-state index is 0.0657. The van der Waals surface area contributed by atoms with E-state index in [1.807, 2.05) is 6.07 Å². The molecule has 0 aliphatic carbocycles. The third-order valence-corrected chi connectivity index (χ3v) is 4.24. The van der Waals surface area contributed by atoms with Gasteiger partial charge in [0, 0.05) is 38.3 Å². The third-order valence-electron chi connectivity index (χ3n) is 4.24. The zero-order chi connectivity index (χ0) is 15.4. The SMILES string of the molecule is COc1ccc2c(c1)C(CC(=O)NCCN)CC(C)N2C. The first-order valence-corrected chi connectivity index (χ1v) is 7.44. The van der Waals surface area contributed by atoms with Crippen molar-refractivity contribution in [1.82, 2.24) is 5.32 Å². The van der Waals surface area contributed by atoms with Gasteiger partial charge in [-0.1, -0.05) is 0 Å². The third kappa shape index (κ3) is 3.47. The monoisotopic (exact) mass is 291 g/mol. The molecule has 1 aliphatic rings. The van der Waals surface area contributed by atoms with E-state index in [9.17, 15) is 4.79 Å². The van der Waals surface area contributed by atoms with E-state index in [2.05, 4.69) is 36.3 Å². The van der Waals surface area contributed by atoms with Crippen LogP contribution in [0.3, 0.4) is 0 Å². The molecular formula is C16H25N3O2. The summed E-state index contributed by atoms with van der Waals surface area (Å²) in [6.07, 6.45) is 1.46. The summed E-state index contributed by atoms with van der Waals surface area (Å²) < 4.78 is 5.32. The number of hydrogen-bond donors (Lipinski definition) is 2. The van der Waals surface area contributed by atoms with Gasteiger partial charge in [0.05, 0.1) is 7.11 Å². The standard InChI is InChI=1S/C16H25N3O2/c1-11-8-12(9-16(20)18-7-6-17)14-10-13(21-3)4-5-15(14)19(11)2/h4-5,10-12H,6-9,17H2,1-3H3,(H,18,20). The number of carbonyl (C=O) groups excluding carboxylic acids is 1. The van der Waals surface area contributed by atoms with E-state index < -0.39 is 0 Å². The van der Waals surface area contributed by atoms with Crippen LogP contribution in [0.15, 0.2) is 18.2 Å². The maximum Gasteiger partial charge on any atom is 0.220 e. The average molecular weight is 291 g/mol. The fourth-order valence-corrected chi connectivity index (χ4v) is 2.94. The molecule has 2 rings (SSSR count). The second-order valence-electron chi connectivity index (χ2n) is 5.66. The summed E-state index contributed by atoms with van der Waals surface area (Å²) in [7, 11) is 3.76. The largest absolute Gasteiger partial charge is 0.497 e. The topological polar surface area (TPSA) is 67.6 Å². The second kappa shape index (κ2) is 6.80. The van der Waals surface area contributed by atoms with Gasteiger partial charge in [0.1, 0.15) is 5.75 Å². The Labute approximate surface area is 126 Å². The fourth-order valence-electron chi connectivity index (χ4n) is 2.94. The van der Waals surface area contributed by atoms with Crippen LogP contribution in [0.2, 0.25) is 0 Å². The van der Waals surface area contributed by atoms with Crippen LogP contribution in [-0.4, -0.2) is 39.2 Å². The Hall–Kier alpha value is -1.75. The zero-order valence-electron chi connectivity index (χ0n) is 13.1. The van der Waals surface area contributed by atoms with Gasteiger partial charge in [-0.05, 0) is 43.0 Å². The summed E-state index contributed by atoms with van der Waals surface area (Å²) in [6, 6.07) is 6.52. The highest BCUT2D eigenvalue weighted by atomic mass is 16.5. The first-order chi connectivity index (χ1) is 10.1. The number of nitrogens with one attached hydrogen (secondary N) is 1. The van der Waals surface area contributed by atoms with Gasteiger partial charge in [-0.15, -0.1) is 0 Å². The Bertz CT molecular complexity index is 504. The van der Waals surface area contributed by atoms with E-state index in [0.717, 1.165) is 12.2 Å². The predicted molar refractivity (Wildman–Crippen MR) is 84.9 cm³/mol. The van der Waals surface area contributed by atoms with Crippen molar-refractivity contribution in [2.24, 2.45) is 5.73 Å². The lowest BCUT2D eigenvalue weighted by atomic mass is 9.84. The van der Waals surface area contributed by atoms with Crippen LogP contribution in [0, 0.1) is 0 Å². The number of amides is 1. The number of benzene rings is 1. The zero-order valence-corrected chi connectivity index (χ0v) is 13.1. The highest BCUT2D eigenvalue weighted by Gasteiger charge is 2.29. The molecule has 0 saturated carbocycles. The Kier molecular flexibility index (Phi) is 5.07. The Morgan fingerprint density at radius 3 is 2.95 bits per heavy atom. The van der Waals surface area contributed by atoms with Crippen LogP contribution in [0.1, 0.15) is 31.2 Å². The van der Waals surface area contributed by atoms with Crippen molar-refractivity contribution in [3.63, 3.8) is 0 Å². The fraction of sp³-hybridized carbons (Fsp3) is 0.562. The first-order valence-electron chi connectivity index (χ1n) is 7.44. The molecule has 0 bridgehead atoms. The first kappa shape index (κ1) is 15.6. The predicted octanol–water partition coefficient (Wildman–Crippen LogP) is 1.47. The van der Waals surface area contributed by atoms with Gasteiger partial charge in [0.15, 0.2) is 0 Å². The van der Waals surface area contributed by atoms with Crippen molar-refractivity contribution in [2.75, 3.05) is 32.1 Å². The molecule has 5 nitrogen and oxygen atoms in total. The van der Waals surface area contributed by atoms with Crippen LogP contribution in [0.5, 0.6) is 5.75 Å². The molecule has 1 amide bonds. The lowest BCUT2D eigenvalue weighted by Gasteiger charge is -2.38. The number of methoxy groups -OCH3 is 1. The summed E-state index contributed by atoms with van der Waals surface area (Å²) in [5, 5.41) is 2.86. The summed E-state index contributed by atoms with van der Waals surface area (Å²) in [4.78, 5) is 14.3. The number of nitrogens with zero attached hydrogens (tertiary/aromatic N) is 1. The molecule has 0 saturated heterocycles. The van der Waals surface area contributed by atoms with Crippen molar-refractivity contribution in [3.05, 3.63) is 23.8 Å². The van der Waals surface area contributed by atoms with Crippen LogP contribution in [-0.2, 0) is 4.79 Å². The number of carbonyl (C=O) groups is 1. The molecule has 2 atom stereocenters. The summed E-state index contributed by atoms with van der Waals surface area (Å²) in [5.74, 6) is 1.12. The molecule has 5 heteroatoms. The van der Waals surface area contributed by atoms with Crippen molar-refractivity contribution >= 4 is 11.6 Å². The van der Waals surface area contributed by atoms with Gasteiger partial charge in [-0.3, -0.25) is 4.79 Å². The molecule has 0 spiro atoms. The normalized spacial score (nSPS) is 20.9. The van der Waals surface area contributed by atoms with Crippen LogP contribution < -0.4 is 20.7 Å². The molecule has 0 aromatic heterocycles. The van der Waals surface area contributed by atoms with E-state index in [1.54, 1.807) is 7.11 Å². The Morgan fingerprint density at radius 2 is 2.29 bits per heavy atom. The molecule has 1 heterocycles. The molecule has 1 aromatic carbocycles. The molecule has 21 heavy (non-hydrogen) atoms. The lowest BCUT2D eigenvalue weighted by Crippen LogP contribution is -2.37. The van der Waals surface area contributed by atoms with E-state index in [0.29, 0.717) is 25.6 Å². The molecule has 1 aromatic rings. The maximum absolute atomic E-state index is 12.0. The molecule has 3 N–H and O–H groups in total. The number of anilines is 1. The average Bonchev–Trinajstić information content (AvgIpc) is 2.49. The Morgan fingerprint density at radius 1 is 1.52 bits per heavy atom. The van der Waals surface area contributed by atoms with E-state index in [4.69, 9.17) is 10.5 Å². The highest BCUT2D eigenvalue weighted by molar-refractivity contribution is 5.77. The summed E-state index contributed by atoms with van der Waals surface area (Å²) in [5.41, 5.74) is 7.81. The minimum Gasteiger partial charge on any atom is -0.497 e. The lowest BCUT2D eigenvalue weighted by molar-refractivity contribution is -0.121. The Balaban J connectivity index is 2.23. The van der Waals surface area contributed by atoms with E-state index >= 15 is 0 Å². The minimum atomic E-state index is 0.0657. The second-order valence-corrected chi connectivity index (χ2v) is 5.66. The number of ether oxygens (including phenoxy) is 1. The van der Waals surface area contributed by atoms with Gasteiger partial charge >= 0.3 is 0 Å². The van der Waals surface area contributed by atoms with E-state index in [1.165, 1.54) is 11.3 Å². The molecule has 0 radical (unpaired) electrons. The molecule has 1 aliphatic heterocycles. The maximum atomic E-state index is 12.0. The number of hydrogen-bond acceptors (Lipinski definition) is 4. The number of nitrogens with two attached hydrogens (primary N) is 1. The van der Waals surface area contributed by atoms with Crippen molar-refractivity contribution < 1.29 is 9.53 Å². The quantitative estimate of drug-likeness (QED) is 0.862. The van der Waals surface area contributed by atoms with E-state index in [-0.39, 0.29) is 11.8 Å². The number of fused-ring (bicyclic) bond motifs is 1. The summed E-state index contributed by atoms with van der Waals surface area (Å²) >= 11 is 0. The molecule has 2 unspecified atom stereocenters.